The van der Waals surface area contributed by atoms with Crippen LogP contribution >= 0.6 is 0 Å². The van der Waals surface area contributed by atoms with E-state index in [4.69, 9.17) is 0 Å². The van der Waals surface area contributed by atoms with Crippen molar-refractivity contribution in [3.8, 4) is 0 Å². The number of halogens is 3. The summed E-state index contributed by atoms with van der Waals surface area (Å²) < 4.78 is 38.5. The van der Waals surface area contributed by atoms with Gasteiger partial charge in [0, 0.05) is 45.2 Å². The van der Waals surface area contributed by atoms with Gasteiger partial charge in [0.25, 0.3) is 0 Å². The Morgan fingerprint density at radius 1 is 1.23 bits per heavy atom. The van der Waals surface area contributed by atoms with E-state index >= 15 is 0 Å². The first-order valence-corrected chi connectivity index (χ1v) is 9.14. The van der Waals surface area contributed by atoms with Crippen LogP contribution in [0.1, 0.15) is 24.5 Å². The number of hydrogen-bond donors (Lipinski definition) is 1. The quantitative estimate of drug-likeness (QED) is 0.800. The number of hydrogen-bond acceptors (Lipinski definition) is 3. The number of piperazine rings is 1. The summed E-state index contributed by atoms with van der Waals surface area (Å²) in [7, 11) is 2.10. The molecule has 1 aliphatic rings. The minimum Gasteiger partial charge on any atom is -0.355 e. The molecule has 1 unspecified atom stereocenters. The number of nitrogens with one attached hydrogen (secondary N) is 1. The molecule has 1 heterocycles. The van der Waals surface area contributed by atoms with E-state index in [0.29, 0.717) is 24.9 Å². The minimum atomic E-state index is -4.36. The van der Waals surface area contributed by atoms with Crippen LogP contribution in [0.5, 0.6) is 0 Å². The van der Waals surface area contributed by atoms with E-state index in [2.05, 4.69) is 22.2 Å². The van der Waals surface area contributed by atoms with Crippen molar-refractivity contribution in [2.45, 2.75) is 25.9 Å². The molecule has 1 saturated heterocycles. The third-order valence-electron chi connectivity index (χ3n) is 4.92. The van der Waals surface area contributed by atoms with Crippen LogP contribution in [-0.4, -0.2) is 62.0 Å². The number of alkyl halides is 3. The second-order valence-corrected chi connectivity index (χ2v) is 6.94. The lowest BCUT2D eigenvalue weighted by atomic mass is 9.95. The largest absolute Gasteiger partial charge is 0.416 e. The summed E-state index contributed by atoms with van der Waals surface area (Å²) in [5.74, 6) is -0.398. The third kappa shape index (κ3) is 6.29. The van der Waals surface area contributed by atoms with Crippen LogP contribution in [0, 0.1) is 5.92 Å². The highest BCUT2D eigenvalue weighted by molar-refractivity contribution is 5.78. The van der Waals surface area contributed by atoms with Crippen molar-refractivity contribution in [3.63, 3.8) is 0 Å². The van der Waals surface area contributed by atoms with Crippen LogP contribution < -0.4 is 5.32 Å². The molecule has 146 valence electrons. The SMILES string of the molecule is CCC(Cc1cccc(C(F)(F)F)c1)C(=O)NCCN1CCN(C)CC1. The lowest BCUT2D eigenvalue weighted by Crippen LogP contribution is -2.47. The van der Waals surface area contributed by atoms with Crippen molar-refractivity contribution < 1.29 is 18.0 Å². The molecule has 1 fully saturated rings. The van der Waals surface area contributed by atoms with Crippen molar-refractivity contribution in [1.29, 1.82) is 0 Å². The van der Waals surface area contributed by atoms with Crippen molar-refractivity contribution in [3.05, 3.63) is 35.4 Å². The average molecular weight is 371 g/mol. The molecule has 0 aromatic heterocycles. The van der Waals surface area contributed by atoms with E-state index in [1.807, 2.05) is 6.92 Å². The molecule has 1 aliphatic heterocycles. The Kier molecular flexibility index (Phi) is 7.46. The molecule has 1 aromatic carbocycles. The van der Waals surface area contributed by atoms with Gasteiger partial charge in [0.1, 0.15) is 0 Å². The normalized spacial score (nSPS) is 17.9. The summed E-state index contributed by atoms with van der Waals surface area (Å²) in [6.45, 7) is 7.31. The maximum Gasteiger partial charge on any atom is 0.416 e. The van der Waals surface area contributed by atoms with E-state index in [1.54, 1.807) is 6.07 Å². The molecule has 4 nitrogen and oxygen atoms in total. The molecule has 0 saturated carbocycles. The summed E-state index contributed by atoms with van der Waals surface area (Å²) in [5, 5.41) is 2.94. The van der Waals surface area contributed by atoms with Crippen LogP contribution in [0.25, 0.3) is 0 Å². The lowest BCUT2D eigenvalue weighted by Gasteiger charge is -2.32. The zero-order chi connectivity index (χ0) is 19.2. The van der Waals surface area contributed by atoms with Gasteiger partial charge in [-0.3, -0.25) is 9.69 Å². The number of likely N-dealkylation sites (N-methyl/N-ethyl adjacent to an activating group) is 1. The first-order valence-electron chi connectivity index (χ1n) is 9.14. The Balaban J connectivity index is 1.83. The number of rotatable bonds is 7. The predicted octanol–water partition coefficient (Wildman–Crippen LogP) is 2.64. The molecule has 1 N–H and O–H groups in total. The van der Waals surface area contributed by atoms with E-state index in [-0.39, 0.29) is 11.8 Å². The van der Waals surface area contributed by atoms with Crippen molar-refractivity contribution in [2.24, 2.45) is 5.92 Å². The van der Waals surface area contributed by atoms with Gasteiger partial charge in [-0.25, -0.2) is 0 Å². The highest BCUT2D eigenvalue weighted by Gasteiger charge is 2.30. The van der Waals surface area contributed by atoms with Gasteiger partial charge in [-0.15, -0.1) is 0 Å². The van der Waals surface area contributed by atoms with Crippen LogP contribution in [0.3, 0.4) is 0 Å². The standard InChI is InChI=1S/C19H28F3N3O/c1-3-16(13-15-5-4-6-17(14-15)19(20,21)22)18(26)23-7-8-25-11-9-24(2)10-12-25/h4-6,14,16H,3,7-13H2,1-2H3,(H,23,26). The number of carbonyl (C=O) groups excluding carboxylic acids is 1. The van der Waals surface area contributed by atoms with Crippen LogP contribution in [0.2, 0.25) is 0 Å². The average Bonchev–Trinajstić information content (AvgIpc) is 2.60. The maximum absolute atomic E-state index is 12.8. The van der Waals surface area contributed by atoms with E-state index in [0.717, 1.165) is 44.9 Å². The van der Waals surface area contributed by atoms with Gasteiger partial charge in [-0.2, -0.15) is 13.2 Å². The Hall–Kier alpha value is -1.60. The first kappa shape index (κ1) is 20.7. The predicted molar refractivity (Wildman–Crippen MR) is 95.9 cm³/mol. The lowest BCUT2D eigenvalue weighted by molar-refractivity contribution is -0.137. The van der Waals surface area contributed by atoms with Gasteiger partial charge in [0.2, 0.25) is 5.91 Å². The minimum absolute atomic E-state index is 0.0842. The van der Waals surface area contributed by atoms with Crippen molar-refractivity contribution >= 4 is 5.91 Å². The van der Waals surface area contributed by atoms with Crippen LogP contribution in [0.15, 0.2) is 24.3 Å². The molecule has 1 amide bonds. The van der Waals surface area contributed by atoms with Gasteiger partial charge in [0.05, 0.1) is 5.56 Å². The van der Waals surface area contributed by atoms with Gasteiger partial charge >= 0.3 is 6.18 Å². The molecule has 26 heavy (non-hydrogen) atoms. The molecule has 2 rings (SSSR count). The van der Waals surface area contributed by atoms with Crippen LogP contribution in [0.4, 0.5) is 13.2 Å². The van der Waals surface area contributed by atoms with Gasteiger partial charge in [0.15, 0.2) is 0 Å². The highest BCUT2D eigenvalue weighted by Crippen LogP contribution is 2.30. The third-order valence-corrected chi connectivity index (χ3v) is 4.92. The fourth-order valence-electron chi connectivity index (χ4n) is 3.13. The second kappa shape index (κ2) is 9.37. The highest BCUT2D eigenvalue weighted by atomic mass is 19.4. The Bertz CT molecular complexity index is 584. The topological polar surface area (TPSA) is 35.6 Å². The zero-order valence-electron chi connectivity index (χ0n) is 15.5. The molecule has 0 aliphatic carbocycles. The Labute approximate surface area is 153 Å². The molecule has 1 atom stereocenters. The van der Waals surface area contributed by atoms with Crippen molar-refractivity contribution in [2.75, 3.05) is 46.3 Å². The fraction of sp³-hybridized carbons (Fsp3) is 0.632. The van der Waals surface area contributed by atoms with Crippen LogP contribution in [-0.2, 0) is 17.4 Å². The van der Waals surface area contributed by atoms with Crippen molar-refractivity contribution in [1.82, 2.24) is 15.1 Å². The smallest absolute Gasteiger partial charge is 0.355 e. The molecular formula is C19H28F3N3O. The molecule has 0 bridgehead atoms. The van der Waals surface area contributed by atoms with Gasteiger partial charge < -0.3 is 10.2 Å². The molecule has 0 spiro atoms. The Morgan fingerprint density at radius 3 is 2.54 bits per heavy atom. The maximum atomic E-state index is 12.8. The summed E-state index contributed by atoms with van der Waals surface area (Å²) in [4.78, 5) is 17.0. The number of nitrogens with zero attached hydrogens (tertiary/aromatic N) is 2. The van der Waals surface area contributed by atoms with E-state index < -0.39 is 11.7 Å². The van der Waals surface area contributed by atoms with Gasteiger partial charge in [-0.05, 0) is 31.5 Å². The van der Waals surface area contributed by atoms with E-state index in [9.17, 15) is 18.0 Å². The second-order valence-electron chi connectivity index (χ2n) is 6.94. The molecule has 7 heteroatoms. The summed E-state index contributed by atoms with van der Waals surface area (Å²) >= 11 is 0. The summed E-state index contributed by atoms with van der Waals surface area (Å²) in [6.07, 6.45) is -3.44. The number of benzene rings is 1. The summed E-state index contributed by atoms with van der Waals surface area (Å²) in [6, 6.07) is 5.24. The summed E-state index contributed by atoms with van der Waals surface area (Å²) in [5.41, 5.74) is -0.124. The number of carbonyl (C=O) groups is 1. The monoisotopic (exact) mass is 371 g/mol. The first-order chi connectivity index (χ1) is 12.3. The zero-order valence-corrected chi connectivity index (χ0v) is 15.5. The molecule has 0 radical (unpaired) electrons. The molecule has 1 aromatic rings. The van der Waals surface area contributed by atoms with Gasteiger partial charge in [-0.1, -0.05) is 25.1 Å². The fourth-order valence-corrected chi connectivity index (χ4v) is 3.13. The Morgan fingerprint density at radius 2 is 1.92 bits per heavy atom. The molecular weight excluding hydrogens is 343 g/mol. The van der Waals surface area contributed by atoms with E-state index in [1.165, 1.54) is 6.07 Å². The number of amides is 1.